The first-order valence-corrected chi connectivity index (χ1v) is 12.0. The number of benzene rings is 1. The second-order valence-electron chi connectivity index (χ2n) is 8.06. The molecule has 1 aromatic heterocycles. The maximum Gasteiger partial charge on any atom is 0.275 e. The van der Waals surface area contributed by atoms with E-state index in [1.54, 1.807) is 7.05 Å². The van der Waals surface area contributed by atoms with Gasteiger partial charge in [0.1, 0.15) is 29.2 Å². The number of carbonyl (C=O) groups excluding carboxylic acids is 1. The van der Waals surface area contributed by atoms with Crippen LogP contribution in [0.4, 0.5) is 11.4 Å². The number of H-pyrrole nitrogens is 1. The summed E-state index contributed by atoms with van der Waals surface area (Å²) in [6.07, 6.45) is 4.93. The molecule has 2 aromatic rings. The number of hydrogen-bond donors (Lipinski definition) is 4. The van der Waals surface area contributed by atoms with Crippen molar-refractivity contribution >= 4 is 23.4 Å². The summed E-state index contributed by atoms with van der Waals surface area (Å²) in [6.45, 7) is 6.15. The first kappa shape index (κ1) is 27.0. The van der Waals surface area contributed by atoms with Gasteiger partial charge in [-0.1, -0.05) is 13.3 Å². The summed E-state index contributed by atoms with van der Waals surface area (Å²) in [7, 11) is 3.16. The highest BCUT2D eigenvalue weighted by molar-refractivity contribution is 6.01. The average Bonchev–Trinajstić information content (AvgIpc) is 2.86. The van der Waals surface area contributed by atoms with Crippen LogP contribution in [0.15, 0.2) is 23.0 Å². The highest BCUT2D eigenvalue weighted by Gasteiger charge is 2.22. The monoisotopic (exact) mass is 470 g/mol. The van der Waals surface area contributed by atoms with Crippen LogP contribution in [0.5, 0.6) is 5.75 Å². The molecule has 1 aromatic carbocycles. The number of anilines is 2. The van der Waals surface area contributed by atoms with Crippen molar-refractivity contribution in [2.24, 2.45) is 11.7 Å². The van der Waals surface area contributed by atoms with Gasteiger partial charge >= 0.3 is 0 Å². The van der Waals surface area contributed by atoms with Crippen molar-refractivity contribution in [3.05, 3.63) is 34.2 Å². The highest BCUT2D eigenvalue weighted by atomic mass is 16.5. The molecule has 3 rings (SSSR count). The number of ether oxygens (including phenoxy) is 1. The molecule has 0 atom stereocenters. The Kier molecular flexibility index (Phi) is 10.7. The minimum Gasteiger partial charge on any atom is -0.493 e. The topological polar surface area (TPSA) is 137 Å². The molecular formula is C25H38N6O3. The van der Waals surface area contributed by atoms with E-state index in [4.69, 9.17) is 10.1 Å². The zero-order chi connectivity index (χ0) is 25.1. The predicted molar refractivity (Wildman–Crippen MR) is 138 cm³/mol. The second kappa shape index (κ2) is 13.5. The first-order chi connectivity index (χ1) is 16.5. The molecular weight excluding hydrogens is 432 g/mol. The lowest BCUT2D eigenvalue weighted by atomic mass is 9.94. The van der Waals surface area contributed by atoms with Gasteiger partial charge in [0.2, 0.25) is 0 Å². The van der Waals surface area contributed by atoms with Gasteiger partial charge in [0.15, 0.2) is 0 Å². The molecule has 2 heterocycles. The van der Waals surface area contributed by atoms with Crippen molar-refractivity contribution < 1.29 is 9.53 Å². The number of piperidine rings is 1. The molecule has 0 saturated carbocycles. The number of nitrogens with zero attached hydrogens (tertiary/aromatic N) is 2. The van der Waals surface area contributed by atoms with Gasteiger partial charge in [-0.3, -0.25) is 4.79 Å². The lowest BCUT2D eigenvalue weighted by Gasteiger charge is -2.33. The van der Waals surface area contributed by atoms with Crippen molar-refractivity contribution in [2.75, 3.05) is 44.0 Å². The molecule has 9 nitrogen and oxygen atoms in total. The zero-order valence-corrected chi connectivity index (χ0v) is 20.7. The lowest BCUT2D eigenvalue weighted by Crippen LogP contribution is -2.33. The number of carbonyl (C=O) groups is 1. The van der Waals surface area contributed by atoms with Crippen LogP contribution in [0.2, 0.25) is 0 Å². The predicted octanol–water partition coefficient (Wildman–Crippen LogP) is 3.43. The van der Waals surface area contributed by atoms with Gasteiger partial charge in [-0.25, -0.2) is 4.98 Å². The van der Waals surface area contributed by atoms with Crippen LogP contribution in [-0.2, 0) is 4.79 Å². The van der Waals surface area contributed by atoms with Crippen LogP contribution >= 0.6 is 0 Å². The van der Waals surface area contributed by atoms with E-state index >= 15 is 0 Å². The summed E-state index contributed by atoms with van der Waals surface area (Å²) >= 11 is 0. The number of aromatic nitrogens is 2. The van der Waals surface area contributed by atoms with Crippen molar-refractivity contribution in [3.8, 4) is 17.1 Å². The number of aromatic amines is 1. The number of aldehydes is 1. The molecule has 1 saturated heterocycles. The van der Waals surface area contributed by atoms with E-state index in [1.165, 1.54) is 7.05 Å². The van der Waals surface area contributed by atoms with E-state index in [1.807, 2.05) is 32.0 Å². The summed E-state index contributed by atoms with van der Waals surface area (Å²) in [6, 6.07) is 5.93. The highest BCUT2D eigenvalue weighted by Crippen LogP contribution is 2.34. The number of nitrogens with one attached hydrogen (secondary N) is 3. The summed E-state index contributed by atoms with van der Waals surface area (Å²) in [5, 5.41) is 11.3. The molecule has 1 aliphatic rings. The van der Waals surface area contributed by atoms with E-state index in [0.29, 0.717) is 59.6 Å². The molecule has 186 valence electrons. The summed E-state index contributed by atoms with van der Waals surface area (Å²) in [5.41, 5.74) is 6.92. The largest absolute Gasteiger partial charge is 0.493 e. The van der Waals surface area contributed by atoms with Gasteiger partial charge in [-0.15, -0.1) is 0 Å². The zero-order valence-electron chi connectivity index (χ0n) is 20.7. The average molecular weight is 471 g/mol. The van der Waals surface area contributed by atoms with Crippen LogP contribution in [0, 0.1) is 11.3 Å². The molecule has 1 aliphatic heterocycles. The Morgan fingerprint density at radius 1 is 1.32 bits per heavy atom. The maximum atomic E-state index is 12.8. The third-order valence-corrected chi connectivity index (χ3v) is 5.88. The van der Waals surface area contributed by atoms with Crippen molar-refractivity contribution in [2.45, 2.75) is 46.0 Å². The Morgan fingerprint density at radius 2 is 2.03 bits per heavy atom. The molecule has 34 heavy (non-hydrogen) atoms. The van der Waals surface area contributed by atoms with E-state index in [0.717, 1.165) is 44.3 Å². The lowest BCUT2D eigenvalue weighted by molar-refractivity contribution is -0.108. The van der Waals surface area contributed by atoms with Gasteiger partial charge < -0.3 is 35.9 Å². The van der Waals surface area contributed by atoms with Crippen LogP contribution < -0.4 is 26.2 Å². The number of nitrogens with two attached hydrogens (primary N) is 1. The Hall–Kier alpha value is -3.20. The normalized spacial score (nSPS) is 13.6. The molecule has 0 spiro atoms. The Labute approximate surface area is 201 Å². The number of hydrogen-bond acceptors (Lipinski definition) is 8. The Bertz CT molecular complexity index is 1010. The third-order valence-electron chi connectivity index (χ3n) is 5.88. The minimum absolute atomic E-state index is 0.304. The third kappa shape index (κ3) is 6.44. The maximum absolute atomic E-state index is 12.8. The van der Waals surface area contributed by atoms with Gasteiger partial charge in [-0.05, 0) is 57.4 Å². The summed E-state index contributed by atoms with van der Waals surface area (Å²) < 4.78 is 5.84. The smallest absolute Gasteiger partial charge is 0.275 e. The van der Waals surface area contributed by atoms with Crippen LogP contribution in [0.1, 0.15) is 51.6 Å². The molecule has 0 radical (unpaired) electrons. The van der Waals surface area contributed by atoms with Crippen molar-refractivity contribution in [1.29, 1.82) is 5.41 Å². The number of rotatable bonds is 10. The Morgan fingerprint density at radius 3 is 2.62 bits per heavy atom. The molecule has 5 N–H and O–H groups in total. The standard InChI is InChI=1S/C24H33N5O3.CH5N/c1-4-6-19(25)21-22(26-3)24(31)28-23(27-21)18-15-17(7-8-20(18)32-5-2)29-12-9-16(10-13-29)11-14-30;1-2/h7-8,14-16,25-26H,4-6,9-13H2,1-3H3,(H,27,28,31);2H2,1H3. The fourth-order valence-electron chi connectivity index (χ4n) is 4.16. The van der Waals surface area contributed by atoms with Gasteiger partial charge in [0.25, 0.3) is 5.56 Å². The molecule has 1 fully saturated rings. The molecule has 0 amide bonds. The quantitative estimate of drug-likeness (QED) is 0.308. The van der Waals surface area contributed by atoms with Crippen LogP contribution in [-0.4, -0.2) is 55.8 Å². The van der Waals surface area contributed by atoms with E-state index in [-0.39, 0.29) is 5.56 Å². The van der Waals surface area contributed by atoms with Gasteiger partial charge in [0.05, 0.1) is 17.9 Å². The van der Waals surface area contributed by atoms with Crippen LogP contribution in [0.3, 0.4) is 0 Å². The van der Waals surface area contributed by atoms with Gasteiger partial charge in [0, 0.05) is 32.2 Å². The molecule has 9 heteroatoms. The molecule has 0 aliphatic carbocycles. The first-order valence-electron chi connectivity index (χ1n) is 12.0. The Balaban J connectivity index is 0.00000199. The van der Waals surface area contributed by atoms with E-state index in [9.17, 15) is 9.59 Å². The van der Waals surface area contributed by atoms with E-state index in [2.05, 4.69) is 25.9 Å². The fraction of sp³-hybridized carbons (Fsp3) is 0.520. The minimum atomic E-state index is -0.309. The van der Waals surface area contributed by atoms with E-state index < -0.39 is 0 Å². The van der Waals surface area contributed by atoms with Gasteiger partial charge in [-0.2, -0.15) is 0 Å². The van der Waals surface area contributed by atoms with Crippen molar-refractivity contribution in [3.63, 3.8) is 0 Å². The molecule has 0 bridgehead atoms. The second-order valence-corrected chi connectivity index (χ2v) is 8.06. The molecule has 0 unspecified atom stereocenters. The summed E-state index contributed by atoms with van der Waals surface area (Å²) in [5.74, 6) is 1.48. The SMILES string of the molecule is CCCC(=N)c1nc(-c2cc(N3CCC(CC=O)CC3)ccc2OCC)[nH]c(=O)c1NC.CN. The van der Waals surface area contributed by atoms with Crippen molar-refractivity contribution in [1.82, 2.24) is 9.97 Å². The fourth-order valence-corrected chi connectivity index (χ4v) is 4.16. The summed E-state index contributed by atoms with van der Waals surface area (Å²) in [4.78, 5) is 33.5. The van der Waals surface area contributed by atoms with Crippen LogP contribution in [0.25, 0.3) is 11.4 Å².